The summed E-state index contributed by atoms with van der Waals surface area (Å²) in [6.07, 6.45) is 1.82. The summed E-state index contributed by atoms with van der Waals surface area (Å²) in [5.41, 5.74) is 3.92. The highest BCUT2D eigenvalue weighted by Crippen LogP contribution is 2.35. The molecule has 0 fully saturated rings. The molecule has 1 aliphatic rings. The Bertz CT molecular complexity index is 2110. The summed E-state index contributed by atoms with van der Waals surface area (Å²) in [6.45, 7) is 2.20. The Morgan fingerprint density at radius 3 is 2.35 bits per heavy atom. The number of carbonyl (C=O) groups excluding carboxylic acids is 1. The Hall–Kier alpha value is -4.68. The van der Waals surface area contributed by atoms with Gasteiger partial charge in [-0.25, -0.2) is 4.99 Å². The molecule has 8 nitrogen and oxygen atoms in total. The smallest absolute Gasteiger partial charge is 0.271 e. The number of thiazole rings is 1. The van der Waals surface area contributed by atoms with Gasteiger partial charge in [-0.1, -0.05) is 72.0 Å². The number of allylic oxidation sites excluding steroid dienone is 1. The number of para-hydroxylation sites is 1. The summed E-state index contributed by atoms with van der Waals surface area (Å²) in [6, 6.07) is 29.6. The van der Waals surface area contributed by atoms with Crippen molar-refractivity contribution in [3.63, 3.8) is 0 Å². The highest BCUT2D eigenvalue weighted by atomic mass is 127. The highest BCUT2D eigenvalue weighted by Gasteiger charge is 2.32. The number of ether oxygens (including phenoxy) is 3. The van der Waals surface area contributed by atoms with Gasteiger partial charge in [-0.3, -0.25) is 14.2 Å². The van der Waals surface area contributed by atoms with E-state index in [1.165, 1.54) is 11.3 Å². The van der Waals surface area contributed by atoms with Crippen LogP contribution < -0.4 is 34.4 Å². The number of amides is 1. The quantitative estimate of drug-likeness (QED) is 0.185. The van der Waals surface area contributed by atoms with Gasteiger partial charge in [0.15, 0.2) is 16.3 Å². The number of fused-ring (bicyclic) bond motifs is 1. The summed E-state index contributed by atoms with van der Waals surface area (Å²) < 4.78 is 20.1. The fourth-order valence-electron chi connectivity index (χ4n) is 5.28. The van der Waals surface area contributed by atoms with E-state index in [1.807, 2.05) is 103 Å². The number of nitrogens with zero attached hydrogens (tertiary/aromatic N) is 2. The summed E-state index contributed by atoms with van der Waals surface area (Å²) in [4.78, 5) is 33.2. The number of carbonyl (C=O) groups is 1. The van der Waals surface area contributed by atoms with E-state index in [-0.39, 0.29) is 11.5 Å². The van der Waals surface area contributed by atoms with Crippen LogP contribution in [0.1, 0.15) is 29.7 Å². The second-order valence-electron chi connectivity index (χ2n) is 10.5. The first-order chi connectivity index (χ1) is 22.4. The molecule has 4 aromatic carbocycles. The maximum atomic E-state index is 14.2. The molecule has 1 aliphatic heterocycles. The van der Waals surface area contributed by atoms with E-state index in [0.29, 0.717) is 50.1 Å². The molecule has 0 unspecified atom stereocenters. The molecule has 0 bridgehead atoms. The summed E-state index contributed by atoms with van der Waals surface area (Å²) in [5.74, 6) is 1.54. The van der Waals surface area contributed by atoms with Gasteiger partial charge in [0, 0.05) is 5.69 Å². The Morgan fingerprint density at radius 2 is 1.67 bits per heavy atom. The van der Waals surface area contributed by atoms with Crippen LogP contribution in [-0.4, -0.2) is 24.7 Å². The molecule has 6 rings (SSSR count). The lowest BCUT2D eigenvalue weighted by Crippen LogP contribution is -2.40. The van der Waals surface area contributed by atoms with Gasteiger partial charge >= 0.3 is 0 Å². The average Bonchev–Trinajstić information content (AvgIpc) is 3.37. The number of hydrogen-bond donors (Lipinski definition) is 1. The average molecular weight is 744 g/mol. The van der Waals surface area contributed by atoms with Gasteiger partial charge in [0.2, 0.25) is 0 Å². The zero-order chi connectivity index (χ0) is 32.2. The molecule has 0 aliphatic carbocycles. The Morgan fingerprint density at radius 1 is 0.978 bits per heavy atom. The van der Waals surface area contributed by atoms with Crippen LogP contribution in [0.2, 0.25) is 0 Å². The van der Waals surface area contributed by atoms with Crippen molar-refractivity contribution in [1.82, 2.24) is 4.57 Å². The van der Waals surface area contributed by atoms with Gasteiger partial charge in [-0.2, -0.15) is 0 Å². The predicted octanol–water partition coefficient (Wildman–Crippen LogP) is 6.07. The Kier molecular flexibility index (Phi) is 9.36. The van der Waals surface area contributed by atoms with Gasteiger partial charge in [-0.15, -0.1) is 0 Å². The summed E-state index contributed by atoms with van der Waals surface area (Å²) in [5, 5.41) is 2.98. The molecule has 2 heterocycles. The van der Waals surface area contributed by atoms with Crippen LogP contribution in [0.25, 0.3) is 6.08 Å². The van der Waals surface area contributed by atoms with E-state index in [2.05, 4.69) is 27.9 Å². The Balaban J connectivity index is 1.41. The lowest BCUT2D eigenvalue weighted by atomic mass is 9.95. The number of methoxy groups -OCH3 is 2. The van der Waals surface area contributed by atoms with Crippen LogP contribution >= 0.6 is 33.9 Å². The molecule has 1 aromatic heterocycles. The van der Waals surface area contributed by atoms with Crippen LogP contribution in [0, 0.1) is 3.57 Å². The lowest BCUT2D eigenvalue weighted by molar-refractivity contribution is -0.113. The van der Waals surface area contributed by atoms with E-state index in [1.54, 1.807) is 25.7 Å². The van der Waals surface area contributed by atoms with Gasteiger partial charge in [0.05, 0.1) is 39.6 Å². The van der Waals surface area contributed by atoms with E-state index in [9.17, 15) is 9.59 Å². The third-order valence-corrected chi connectivity index (χ3v) is 9.29. The largest absolute Gasteiger partial charge is 0.497 e. The van der Waals surface area contributed by atoms with Gasteiger partial charge < -0.3 is 19.5 Å². The van der Waals surface area contributed by atoms with E-state index >= 15 is 0 Å². The fraction of sp³-hybridized carbons (Fsp3) is 0.139. The zero-order valence-electron chi connectivity index (χ0n) is 25.3. The first-order valence-corrected chi connectivity index (χ1v) is 16.3. The molecular weight excluding hydrogens is 713 g/mol. The normalized spacial score (nSPS) is 14.3. The summed E-state index contributed by atoms with van der Waals surface area (Å²) >= 11 is 3.50. The first-order valence-electron chi connectivity index (χ1n) is 14.4. The minimum atomic E-state index is -0.698. The summed E-state index contributed by atoms with van der Waals surface area (Å²) in [7, 11) is 3.19. The molecule has 0 saturated carbocycles. The van der Waals surface area contributed by atoms with Crippen LogP contribution in [0.3, 0.4) is 0 Å². The van der Waals surface area contributed by atoms with Crippen molar-refractivity contribution in [3.8, 4) is 17.2 Å². The molecule has 0 radical (unpaired) electrons. The molecular formula is C36H30IN3O5S. The van der Waals surface area contributed by atoms with Crippen LogP contribution in [0.15, 0.2) is 118 Å². The third kappa shape index (κ3) is 6.49. The van der Waals surface area contributed by atoms with E-state index in [0.717, 1.165) is 20.3 Å². The van der Waals surface area contributed by atoms with Crippen molar-refractivity contribution in [3.05, 3.63) is 148 Å². The minimum absolute atomic E-state index is 0.250. The van der Waals surface area contributed by atoms with Gasteiger partial charge in [-0.05, 0) is 88.7 Å². The molecule has 0 saturated heterocycles. The number of aromatic nitrogens is 1. The topological polar surface area (TPSA) is 91.2 Å². The maximum absolute atomic E-state index is 14.2. The molecule has 1 N–H and O–H groups in total. The monoisotopic (exact) mass is 743 g/mol. The van der Waals surface area contributed by atoms with Gasteiger partial charge in [0.1, 0.15) is 12.4 Å². The zero-order valence-corrected chi connectivity index (χ0v) is 28.3. The van der Waals surface area contributed by atoms with Gasteiger partial charge in [0.25, 0.3) is 11.5 Å². The van der Waals surface area contributed by atoms with Crippen LogP contribution in [0.5, 0.6) is 17.2 Å². The second-order valence-corrected chi connectivity index (χ2v) is 12.7. The number of nitrogens with one attached hydrogen (secondary N) is 1. The van der Waals surface area contributed by atoms with Crippen LogP contribution in [0.4, 0.5) is 5.69 Å². The number of benzene rings is 4. The van der Waals surface area contributed by atoms with Crippen molar-refractivity contribution in [2.24, 2.45) is 4.99 Å². The SMILES string of the molecule is COc1ccc([C@@H]2C(C(=O)Nc3ccccc3)=C(C)N=c3s/c(=C/c4cc(I)c(OCc5ccccc5)c(OC)c4)c(=O)n32)cc1. The van der Waals surface area contributed by atoms with Crippen molar-refractivity contribution >= 4 is 51.6 Å². The molecule has 46 heavy (non-hydrogen) atoms. The fourth-order valence-corrected chi connectivity index (χ4v) is 7.11. The number of halogens is 1. The number of anilines is 1. The molecule has 5 aromatic rings. The van der Waals surface area contributed by atoms with Crippen molar-refractivity contribution in [1.29, 1.82) is 0 Å². The third-order valence-electron chi connectivity index (χ3n) is 7.51. The standard InChI is InChI=1S/C36H30IN3O5S/c1-22-31(34(41)39-26-12-8-5-9-13-26)32(25-14-16-27(43-2)17-15-25)40-35(42)30(46-36(40)38-22)20-24-18-28(37)33(29(19-24)44-3)45-21-23-10-6-4-7-11-23/h4-20,32H,21H2,1-3H3,(H,39,41)/b30-20+/t32-/m1/s1. The highest BCUT2D eigenvalue weighted by molar-refractivity contribution is 14.1. The number of rotatable bonds is 9. The first kappa shape index (κ1) is 31.3. The molecule has 0 spiro atoms. The molecule has 1 atom stereocenters. The van der Waals surface area contributed by atoms with Crippen molar-refractivity contribution < 1.29 is 19.0 Å². The number of hydrogen-bond acceptors (Lipinski definition) is 7. The minimum Gasteiger partial charge on any atom is -0.497 e. The van der Waals surface area contributed by atoms with E-state index < -0.39 is 6.04 Å². The molecule has 232 valence electrons. The van der Waals surface area contributed by atoms with E-state index in [4.69, 9.17) is 19.2 Å². The maximum Gasteiger partial charge on any atom is 0.271 e. The molecule has 10 heteroatoms. The van der Waals surface area contributed by atoms with Crippen LogP contribution in [-0.2, 0) is 11.4 Å². The second kappa shape index (κ2) is 13.8. The Labute approximate surface area is 283 Å². The molecule has 1 amide bonds. The lowest BCUT2D eigenvalue weighted by Gasteiger charge is -2.25. The van der Waals surface area contributed by atoms with Crippen molar-refractivity contribution in [2.75, 3.05) is 19.5 Å². The predicted molar refractivity (Wildman–Crippen MR) is 188 cm³/mol. The van der Waals surface area contributed by atoms with Crippen molar-refractivity contribution in [2.45, 2.75) is 19.6 Å².